The van der Waals surface area contributed by atoms with E-state index in [0.29, 0.717) is 31.3 Å². The zero-order valence-corrected chi connectivity index (χ0v) is 19.6. The van der Waals surface area contributed by atoms with Crippen LogP contribution in [0.3, 0.4) is 0 Å². The van der Waals surface area contributed by atoms with E-state index in [0.717, 1.165) is 45.2 Å². The minimum Gasteiger partial charge on any atom is -0.493 e. The summed E-state index contributed by atoms with van der Waals surface area (Å²) < 4.78 is 19.8. The van der Waals surface area contributed by atoms with Gasteiger partial charge in [-0.15, -0.1) is 6.58 Å². The highest BCUT2D eigenvalue weighted by molar-refractivity contribution is 6.31. The van der Waals surface area contributed by atoms with Crippen LogP contribution in [-0.4, -0.2) is 23.3 Å². The molecule has 4 rings (SSSR count). The molecule has 170 valence electrons. The number of benzene rings is 3. The number of aryl methyl sites for hydroxylation is 1. The van der Waals surface area contributed by atoms with E-state index in [1.807, 2.05) is 67.6 Å². The molecule has 0 aliphatic carbocycles. The third kappa shape index (κ3) is 5.32. The quantitative estimate of drug-likeness (QED) is 0.256. The molecule has 0 saturated carbocycles. The normalized spacial score (nSPS) is 10.9. The molecule has 1 aromatic heterocycles. The van der Waals surface area contributed by atoms with Crippen molar-refractivity contribution in [2.45, 2.75) is 26.5 Å². The van der Waals surface area contributed by atoms with Crippen molar-refractivity contribution >= 4 is 22.6 Å². The van der Waals surface area contributed by atoms with Gasteiger partial charge in [0.15, 0.2) is 11.5 Å². The van der Waals surface area contributed by atoms with Crippen LogP contribution in [0.2, 0.25) is 5.02 Å². The Morgan fingerprint density at radius 1 is 1.03 bits per heavy atom. The van der Waals surface area contributed by atoms with E-state index in [9.17, 15) is 0 Å². The molecule has 0 N–H and O–H groups in total. The van der Waals surface area contributed by atoms with Gasteiger partial charge in [-0.25, -0.2) is 4.98 Å². The van der Waals surface area contributed by atoms with E-state index in [1.165, 1.54) is 0 Å². The van der Waals surface area contributed by atoms with E-state index in [2.05, 4.69) is 17.2 Å². The first-order valence-electron chi connectivity index (χ1n) is 10.8. The number of aromatic nitrogens is 2. The molecule has 33 heavy (non-hydrogen) atoms. The molecule has 0 unspecified atom stereocenters. The lowest BCUT2D eigenvalue weighted by Gasteiger charge is -2.14. The summed E-state index contributed by atoms with van der Waals surface area (Å²) in [5.74, 6) is 2.99. The van der Waals surface area contributed by atoms with Crippen LogP contribution < -0.4 is 14.2 Å². The fourth-order valence-electron chi connectivity index (χ4n) is 3.71. The van der Waals surface area contributed by atoms with Crippen molar-refractivity contribution in [2.24, 2.45) is 0 Å². The standard InChI is InChI=1S/C27H27ClN2O3/c1-4-7-20-10-13-25(26(17-20)31-3)33-18-27-29-23-8-5-6-9-24(23)30(27)14-15-32-21-11-12-22(28)19(2)16-21/h4-6,8-13,16-17H,1,7,14-15,18H2,2-3H3. The van der Waals surface area contributed by atoms with Gasteiger partial charge >= 0.3 is 0 Å². The van der Waals surface area contributed by atoms with Crippen molar-refractivity contribution in [1.82, 2.24) is 9.55 Å². The summed E-state index contributed by atoms with van der Waals surface area (Å²) in [6.45, 7) is 7.20. The van der Waals surface area contributed by atoms with Crippen LogP contribution >= 0.6 is 11.6 Å². The number of methoxy groups -OCH3 is 1. The molecule has 1 heterocycles. The van der Waals surface area contributed by atoms with Gasteiger partial charge in [0.1, 0.15) is 24.8 Å². The Kier molecular flexibility index (Phi) is 7.20. The van der Waals surface area contributed by atoms with Crippen molar-refractivity contribution in [1.29, 1.82) is 0 Å². The number of ether oxygens (including phenoxy) is 3. The Balaban J connectivity index is 1.51. The number of para-hydroxylation sites is 2. The Morgan fingerprint density at radius 2 is 1.88 bits per heavy atom. The predicted octanol–water partition coefficient (Wildman–Crippen LogP) is 6.39. The molecule has 0 fully saturated rings. The predicted molar refractivity (Wildman–Crippen MR) is 133 cm³/mol. The van der Waals surface area contributed by atoms with Crippen LogP contribution in [-0.2, 0) is 19.6 Å². The zero-order valence-electron chi connectivity index (χ0n) is 18.9. The van der Waals surface area contributed by atoms with Crippen molar-refractivity contribution in [3.8, 4) is 17.2 Å². The molecule has 3 aromatic carbocycles. The molecule has 6 heteroatoms. The van der Waals surface area contributed by atoms with Crippen LogP contribution in [0, 0.1) is 6.92 Å². The van der Waals surface area contributed by atoms with Crippen molar-refractivity contribution in [3.05, 3.63) is 95.3 Å². The number of rotatable bonds is 10. The number of imidazole rings is 1. The van der Waals surface area contributed by atoms with E-state index >= 15 is 0 Å². The highest BCUT2D eigenvalue weighted by Crippen LogP contribution is 2.29. The maximum Gasteiger partial charge on any atom is 0.161 e. The van der Waals surface area contributed by atoms with Gasteiger partial charge in [0.25, 0.3) is 0 Å². The Labute approximate surface area is 199 Å². The highest BCUT2D eigenvalue weighted by atomic mass is 35.5. The number of hydrogen-bond acceptors (Lipinski definition) is 4. The molecule has 0 aliphatic rings. The molecule has 4 aromatic rings. The minimum atomic E-state index is 0.311. The summed E-state index contributed by atoms with van der Waals surface area (Å²) in [6, 6.07) is 19.7. The van der Waals surface area contributed by atoms with Crippen molar-refractivity contribution in [2.75, 3.05) is 13.7 Å². The second-order valence-electron chi connectivity index (χ2n) is 7.69. The number of halogens is 1. The highest BCUT2D eigenvalue weighted by Gasteiger charge is 2.13. The van der Waals surface area contributed by atoms with Crippen molar-refractivity contribution < 1.29 is 14.2 Å². The summed E-state index contributed by atoms with van der Waals surface area (Å²) in [4.78, 5) is 4.79. The number of nitrogens with zero attached hydrogens (tertiary/aromatic N) is 2. The first kappa shape index (κ1) is 22.7. The van der Waals surface area contributed by atoms with Gasteiger partial charge in [0.2, 0.25) is 0 Å². The third-order valence-corrected chi connectivity index (χ3v) is 5.84. The summed E-state index contributed by atoms with van der Waals surface area (Å²) >= 11 is 6.12. The summed E-state index contributed by atoms with van der Waals surface area (Å²) in [5.41, 5.74) is 4.08. The van der Waals surface area contributed by atoms with Crippen molar-refractivity contribution in [3.63, 3.8) is 0 Å². The fraction of sp³-hybridized carbons (Fsp3) is 0.222. The van der Waals surface area contributed by atoms with Crippen LogP contribution in [0.4, 0.5) is 0 Å². The van der Waals surface area contributed by atoms with Crippen LogP contribution in [0.15, 0.2) is 73.3 Å². The average molecular weight is 463 g/mol. The summed E-state index contributed by atoms with van der Waals surface area (Å²) in [7, 11) is 1.64. The largest absolute Gasteiger partial charge is 0.493 e. The van der Waals surface area contributed by atoms with E-state index < -0.39 is 0 Å². The van der Waals surface area contributed by atoms with Gasteiger partial charge in [0, 0.05) is 5.02 Å². The van der Waals surface area contributed by atoms with Gasteiger partial charge in [0.05, 0.1) is 24.7 Å². The van der Waals surface area contributed by atoms with Gasteiger partial charge in [-0.2, -0.15) is 0 Å². The van der Waals surface area contributed by atoms with Crippen LogP contribution in [0.5, 0.6) is 17.2 Å². The summed E-state index contributed by atoms with van der Waals surface area (Å²) in [6.07, 6.45) is 2.64. The first-order valence-corrected chi connectivity index (χ1v) is 11.2. The molecule has 0 atom stereocenters. The van der Waals surface area contributed by atoms with Gasteiger partial charge < -0.3 is 18.8 Å². The van der Waals surface area contributed by atoms with E-state index in [-0.39, 0.29) is 0 Å². The lowest BCUT2D eigenvalue weighted by atomic mass is 10.1. The van der Waals surface area contributed by atoms with E-state index in [4.69, 9.17) is 30.8 Å². The molecule has 0 saturated heterocycles. The summed E-state index contributed by atoms with van der Waals surface area (Å²) in [5, 5.41) is 0.732. The maximum absolute atomic E-state index is 6.12. The molecule has 0 amide bonds. The van der Waals surface area contributed by atoms with Gasteiger partial charge in [-0.1, -0.05) is 35.9 Å². The number of allylic oxidation sites excluding steroid dienone is 1. The molecule has 0 spiro atoms. The number of fused-ring (bicyclic) bond motifs is 1. The Hall–Kier alpha value is -3.44. The monoisotopic (exact) mass is 462 g/mol. The molecule has 0 radical (unpaired) electrons. The maximum atomic E-state index is 6.12. The van der Waals surface area contributed by atoms with E-state index in [1.54, 1.807) is 7.11 Å². The zero-order chi connectivity index (χ0) is 23.2. The molecular weight excluding hydrogens is 436 g/mol. The number of hydrogen-bond donors (Lipinski definition) is 0. The smallest absolute Gasteiger partial charge is 0.161 e. The second-order valence-corrected chi connectivity index (χ2v) is 8.10. The Bertz CT molecular complexity index is 1270. The van der Waals surface area contributed by atoms with Crippen LogP contribution in [0.25, 0.3) is 11.0 Å². The third-order valence-electron chi connectivity index (χ3n) is 5.41. The Morgan fingerprint density at radius 3 is 2.67 bits per heavy atom. The SMILES string of the molecule is C=CCc1ccc(OCc2nc3ccccc3n2CCOc2ccc(Cl)c(C)c2)c(OC)c1. The average Bonchev–Trinajstić information content (AvgIpc) is 3.18. The second kappa shape index (κ2) is 10.5. The van der Waals surface area contributed by atoms with Gasteiger partial charge in [-0.05, 0) is 66.9 Å². The minimum absolute atomic E-state index is 0.311. The van der Waals surface area contributed by atoms with Gasteiger partial charge in [-0.3, -0.25) is 0 Å². The topological polar surface area (TPSA) is 45.5 Å². The molecule has 0 aliphatic heterocycles. The molecular formula is C27H27ClN2O3. The lowest BCUT2D eigenvalue weighted by Crippen LogP contribution is -2.13. The molecule has 5 nitrogen and oxygen atoms in total. The van der Waals surface area contributed by atoms with Crippen LogP contribution in [0.1, 0.15) is 17.0 Å². The fourth-order valence-corrected chi connectivity index (χ4v) is 3.83. The first-order chi connectivity index (χ1) is 16.1. The molecule has 0 bridgehead atoms. The lowest BCUT2D eigenvalue weighted by molar-refractivity contribution is 0.261.